The van der Waals surface area contributed by atoms with Crippen LogP contribution in [-0.4, -0.2) is 38.4 Å². The summed E-state index contributed by atoms with van der Waals surface area (Å²) in [7, 11) is 1.66. The van der Waals surface area contributed by atoms with Gasteiger partial charge in [-0.05, 0) is 50.3 Å². The second kappa shape index (κ2) is 8.72. The van der Waals surface area contributed by atoms with Gasteiger partial charge in [0.05, 0.1) is 33.3 Å². The van der Waals surface area contributed by atoms with Crippen molar-refractivity contribution in [2.24, 2.45) is 0 Å². The minimum Gasteiger partial charge on any atom is -0.497 e. The van der Waals surface area contributed by atoms with E-state index in [1.54, 1.807) is 12.0 Å². The molecule has 0 aromatic heterocycles. The number of hydrogen-bond acceptors (Lipinski definition) is 2. The van der Waals surface area contributed by atoms with Gasteiger partial charge >= 0.3 is 0 Å². The first kappa shape index (κ1) is 15.7. The molecule has 0 fully saturated rings. The number of hydrogen-bond donors (Lipinski definition) is 3. The van der Waals surface area contributed by atoms with Crippen LogP contribution < -0.4 is 20.3 Å². The topological polar surface area (TPSA) is 37.7 Å². The van der Waals surface area contributed by atoms with E-state index in [0.717, 1.165) is 37.6 Å². The molecule has 5 heteroatoms. The summed E-state index contributed by atoms with van der Waals surface area (Å²) in [5.41, 5.74) is 0.966. The summed E-state index contributed by atoms with van der Waals surface area (Å²) in [6.45, 7) is 8.67. The number of anilines is 1. The van der Waals surface area contributed by atoms with Crippen LogP contribution >= 0.6 is 12.2 Å². The zero-order valence-corrected chi connectivity index (χ0v) is 12.8. The Morgan fingerprint density at radius 2 is 1.84 bits per heavy atom. The SMILES string of the molecule is CC[NH+](CC)CCNC(=S)Nc1ccc(OC)cc1. The molecule has 1 aromatic rings. The first-order valence-electron chi connectivity index (χ1n) is 6.72. The molecule has 0 aliphatic carbocycles. The highest BCUT2D eigenvalue weighted by Crippen LogP contribution is 2.14. The van der Waals surface area contributed by atoms with E-state index in [1.165, 1.54) is 0 Å². The lowest BCUT2D eigenvalue weighted by atomic mass is 10.3. The fourth-order valence-electron chi connectivity index (χ4n) is 1.81. The molecule has 0 heterocycles. The molecule has 0 aliphatic heterocycles. The predicted octanol–water partition coefficient (Wildman–Crippen LogP) is 0.906. The summed E-state index contributed by atoms with van der Waals surface area (Å²) in [5, 5.41) is 7.05. The highest BCUT2D eigenvalue weighted by molar-refractivity contribution is 7.80. The zero-order valence-electron chi connectivity index (χ0n) is 12.0. The van der Waals surface area contributed by atoms with E-state index in [1.807, 2.05) is 24.3 Å². The maximum atomic E-state index is 5.26. The Kier molecular flexibility index (Phi) is 7.22. The number of benzene rings is 1. The number of nitrogens with one attached hydrogen (secondary N) is 3. The van der Waals surface area contributed by atoms with Gasteiger partial charge in [-0.3, -0.25) is 0 Å². The van der Waals surface area contributed by atoms with Crippen LogP contribution in [0.2, 0.25) is 0 Å². The second-order valence-corrected chi connectivity index (χ2v) is 4.72. The summed E-state index contributed by atoms with van der Waals surface area (Å²) >= 11 is 5.26. The number of quaternary nitrogens is 1. The molecular formula is C14H24N3OS+. The highest BCUT2D eigenvalue weighted by atomic mass is 32.1. The molecule has 19 heavy (non-hydrogen) atoms. The van der Waals surface area contributed by atoms with Gasteiger partial charge < -0.3 is 20.3 Å². The maximum absolute atomic E-state index is 5.26. The molecule has 106 valence electrons. The van der Waals surface area contributed by atoms with E-state index < -0.39 is 0 Å². The molecular weight excluding hydrogens is 258 g/mol. The molecule has 1 rings (SSSR count). The third-order valence-corrected chi connectivity index (χ3v) is 3.36. The normalized spacial score (nSPS) is 10.3. The van der Waals surface area contributed by atoms with Crippen molar-refractivity contribution >= 4 is 23.0 Å². The van der Waals surface area contributed by atoms with Crippen molar-refractivity contribution < 1.29 is 9.64 Å². The standard InChI is InChI=1S/C14H23N3OS/c1-4-17(5-2)11-10-15-14(19)16-12-6-8-13(18-3)9-7-12/h6-9H,4-5,10-11H2,1-3H3,(H2,15,16,19)/p+1. The van der Waals surface area contributed by atoms with Gasteiger partial charge in [0.1, 0.15) is 5.75 Å². The number of rotatable bonds is 7. The van der Waals surface area contributed by atoms with Crippen LogP contribution in [0.15, 0.2) is 24.3 Å². The van der Waals surface area contributed by atoms with Gasteiger partial charge in [-0.2, -0.15) is 0 Å². The molecule has 4 nitrogen and oxygen atoms in total. The van der Waals surface area contributed by atoms with Crippen LogP contribution in [0.25, 0.3) is 0 Å². The molecule has 0 unspecified atom stereocenters. The third kappa shape index (κ3) is 5.89. The minimum absolute atomic E-state index is 0.664. The number of ether oxygens (including phenoxy) is 1. The summed E-state index contributed by atoms with van der Waals surface area (Å²) in [6.07, 6.45) is 0. The van der Waals surface area contributed by atoms with E-state index in [-0.39, 0.29) is 0 Å². The van der Waals surface area contributed by atoms with Gasteiger partial charge in [0.15, 0.2) is 5.11 Å². The van der Waals surface area contributed by atoms with E-state index in [2.05, 4.69) is 24.5 Å². The van der Waals surface area contributed by atoms with Crippen molar-refractivity contribution in [3.63, 3.8) is 0 Å². The molecule has 0 radical (unpaired) electrons. The van der Waals surface area contributed by atoms with Crippen molar-refractivity contribution in [2.45, 2.75) is 13.8 Å². The lowest BCUT2D eigenvalue weighted by Crippen LogP contribution is -3.12. The summed E-state index contributed by atoms with van der Waals surface area (Å²) in [6, 6.07) is 7.71. The maximum Gasteiger partial charge on any atom is 0.170 e. The van der Waals surface area contributed by atoms with Crippen LogP contribution in [0.4, 0.5) is 5.69 Å². The Hall–Kier alpha value is -1.33. The van der Waals surface area contributed by atoms with Gasteiger partial charge in [-0.25, -0.2) is 0 Å². The predicted molar refractivity (Wildman–Crippen MR) is 84.1 cm³/mol. The van der Waals surface area contributed by atoms with Gasteiger partial charge in [0, 0.05) is 5.69 Å². The lowest BCUT2D eigenvalue weighted by molar-refractivity contribution is -0.895. The molecule has 0 saturated heterocycles. The fraction of sp³-hybridized carbons (Fsp3) is 0.500. The van der Waals surface area contributed by atoms with Crippen LogP contribution in [0.1, 0.15) is 13.8 Å². The van der Waals surface area contributed by atoms with E-state index in [4.69, 9.17) is 17.0 Å². The smallest absolute Gasteiger partial charge is 0.170 e. The molecule has 0 amide bonds. The Morgan fingerprint density at radius 1 is 1.21 bits per heavy atom. The largest absolute Gasteiger partial charge is 0.497 e. The van der Waals surface area contributed by atoms with Crippen molar-refractivity contribution in [3.05, 3.63) is 24.3 Å². The Morgan fingerprint density at radius 3 is 2.37 bits per heavy atom. The lowest BCUT2D eigenvalue weighted by Gasteiger charge is -2.16. The number of methoxy groups -OCH3 is 1. The van der Waals surface area contributed by atoms with E-state index in [0.29, 0.717) is 5.11 Å². The van der Waals surface area contributed by atoms with Crippen LogP contribution in [-0.2, 0) is 0 Å². The first-order valence-corrected chi connectivity index (χ1v) is 7.12. The molecule has 0 bridgehead atoms. The second-order valence-electron chi connectivity index (χ2n) is 4.32. The van der Waals surface area contributed by atoms with Crippen LogP contribution in [0.5, 0.6) is 5.75 Å². The van der Waals surface area contributed by atoms with Gasteiger partial charge in [-0.15, -0.1) is 0 Å². The molecule has 1 aromatic carbocycles. The average molecular weight is 282 g/mol. The van der Waals surface area contributed by atoms with Crippen molar-refractivity contribution in [1.82, 2.24) is 5.32 Å². The van der Waals surface area contributed by atoms with E-state index >= 15 is 0 Å². The van der Waals surface area contributed by atoms with Crippen LogP contribution in [0, 0.1) is 0 Å². The van der Waals surface area contributed by atoms with Crippen molar-refractivity contribution in [2.75, 3.05) is 38.6 Å². The summed E-state index contributed by atoms with van der Waals surface area (Å²) in [4.78, 5) is 1.57. The zero-order chi connectivity index (χ0) is 14.1. The van der Waals surface area contributed by atoms with Gasteiger partial charge in [-0.1, -0.05) is 0 Å². The quantitative estimate of drug-likeness (QED) is 0.650. The number of likely N-dealkylation sites (N-methyl/N-ethyl adjacent to an activating group) is 1. The van der Waals surface area contributed by atoms with Crippen molar-refractivity contribution in [1.29, 1.82) is 0 Å². The summed E-state index contributed by atoms with van der Waals surface area (Å²) < 4.78 is 5.11. The Balaban J connectivity index is 2.30. The van der Waals surface area contributed by atoms with Gasteiger partial charge in [0.2, 0.25) is 0 Å². The average Bonchev–Trinajstić information content (AvgIpc) is 2.44. The first-order chi connectivity index (χ1) is 9.19. The minimum atomic E-state index is 0.664. The molecule has 0 atom stereocenters. The van der Waals surface area contributed by atoms with Crippen LogP contribution in [0.3, 0.4) is 0 Å². The van der Waals surface area contributed by atoms with Gasteiger partial charge in [0.25, 0.3) is 0 Å². The van der Waals surface area contributed by atoms with E-state index in [9.17, 15) is 0 Å². The highest BCUT2D eigenvalue weighted by Gasteiger charge is 2.02. The third-order valence-electron chi connectivity index (χ3n) is 3.11. The molecule has 0 spiro atoms. The molecule has 3 N–H and O–H groups in total. The Bertz CT molecular complexity index is 377. The fourth-order valence-corrected chi connectivity index (χ4v) is 2.03. The molecule has 0 saturated carbocycles. The Labute approximate surface area is 121 Å². The summed E-state index contributed by atoms with van der Waals surface area (Å²) in [5.74, 6) is 0.842. The van der Waals surface area contributed by atoms with Crippen molar-refractivity contribution in [3.8, 4) is 5.75 Å². The monoisotopic (exact) mass is 282 g/mol. The molecule has 0 aliphatic rings. The number of thiocarbonyl (C=S) groups is 1.